The Kier molecular flexibility index (Phi) is 3.31. The Morgan fingerprint density at radius 3 is 2.83 bits per heavy atom. The third kappa shape index (κ3) is 2.08. The first-order valence-electron chi connectivity index (χ1n) is 5.72. The van der Waals surface area contributed by atoms with Crippen molar-refractivity contribution in [3.8, 4) is 6.07 Å². The number of benzene rings is 1. The van der Waals surface area contributed by atoms with Gasteiger partial charge >= 0.3 is 0 Å². The van der Waals surface area contributed by atoms with E-state index in [1.807, 2.05) is 26.0 Å². The third-order valence-corrected chi connectivity index (χ3v) is 3.89. The SMILES string of the molecule is CC1(C)C(=O)NCCN1c1ccc(C#N)c(Br)c1. The van der Waals surface area contributed by atoms with Crippen LogP contribution in [0.1, 0.15) is 19.4 Å². The van der Waals surface area contributed by atoms with Crippen LogP contribution in [0.3, 0.4) is 0 Å². The molecule has 1 N–H and O–H groups in total. The number of halogens is 1. The lowest BCUT2D eigenvalue weighted by molar-refractivity contribution is -0.126. The van der Waals surface area contributed by atoms with E-state index in [1.54, 1.807) is 6.07 Å². The lowest BCUT2D eigenvalue weighted by Gasteiger charge is -2.43. The average molecular weight is 308 g/mol. The smallest absolute Gasteiger partial charge is 0.245 e. The highest BCUT2D eigenvalue weighted by Crippen LogP contribution is 2.29. The minimum atomic E-state index is -0.578. The largest absolute Gasteiger partial charge is 0.356 e. The summed E-state index contributed by atoms with van der Waals surface area (Å²) in [6.45, 7) is 5.19. The van der Waals surface area contributed by atoms with E-state index >= 15 is 0 Å². The zero-order valence-corrected chi connectivity index (χ0v) is 11.9. The molecule has 1 heterocycles. The van der Waals surface area contributed by atoms with Crippen LogP contribution in [-0.2, 0) is 4.79 Å². The molecule has 1 amide bonds. The number of hydrogen-bond donors (Lipinski definition) is 1. The van der Waals surface area contributed by atoms with Gasteiger partial charge in [-0.25, -0.2) is 0 Å². The predicted molar refractivity (Wildman–Crippen MR) is 73.3 cm³/mol. The molecule has 1 aromatic rings. The summed E-state index contributed by atoms with van der Waals surface area (Å²) in [5.74, 6) is 0.0224. The quantitative estimate of drug-likeness (QED) is 0.864. The van der Waals surface area contributed by atoms with Gasteiger partial charge in [0.1, 0.15) is 11.6 Å². The van der Waals surface area contributed by atoms with E-state index in [1.165, 1.54) is 0 Å². The maximum Gasteiger partial charge on any atom is 0.245 e. The summed E-state index contributed by atoms with van der Waals surface area (Å²) in [6, 6.07) is 7.64. The van der Waals surface area contributed by atoms with Crippen LogP contribution in [0.2, 0.25) is 0 Å². The molecule has 0 aromatic heterocycles. The molecular weight excluding hydrogens is 294 g/mol. The monoisotopic (exact) mass is 307 g/mol. The van der Waals surface area contributed by atoms with Crippen molar-refractivity contribution in [3.63, 3.8) is 0 Å². The second-order valence-electron chi connectivity index (χ2n) is 4.74. The van der Waals surface area contributed by atoms with Crippen LogP contribution < -0.4 is 10.2 Å². The van der Waals surface area contributed by atoms with Crippen molar-refractivity contribution in [2.75, 3.05) is 18.0 Å². The van der Waals surface area contributed by atoms with Crippen molar-refractivity contribution >= 4 is 27.5 Å². The van der Waals surface area contributed by atoms with Crippen LogP contribution in [0.15, 0.2) is 22.7 Å². The van der Waals surface area contributed by atoms with Gasteiger partial charge in [0.2, 0.25) is 5.91 Å². The summed E-state index contributed by atoms with van der Waals surface area (Å²) in [7, 11) is 0. The molecule has 1 aromatic carbocycles. The molecule has 1 aliphatic heterocycles. The van der Waals surface area contributed by atoms with E-state index in [2.05, 4.69) is 32.2 Å². The first kappa shape index (κ1) is 12.9. The molecule has 2 rings (SSSR count). The lowest BCUT2D eigenvalue weighted by atomic mass is 9.97. The second-order valence-corrected chi connectivity index (χ2v) is 5.60. The molecule has 0 unspecified atom stereocenters. The van der Waals surface area contributed by atoms with E-state index in [0.29, 0.717) is 12.1 Å². The predicted octanol–water partition coefficient (Wildman–Crippen LogP) is 2.04. The molecule has 0 bridgehead atoms. The highest BCUT2D eigenvalue weighted by molar-refractivity contribution is 9.10. The number of rotatable bonds is 1. The summed E-state index contributed by atoms with van der Waals surface area (Å²) in [5.41, 5.74) is 0.963. The molecule has 1 fully saturated rings. The number of nitriles is 1. The average Bonchev–Trinajstić information content (AvgIpc) is 2.32. The summed E-state index contributed by atoms with van der Waals surface area (Å²) in [4.78, 5) is 13.9. The standard InChI is InChI=1S/C13H14BrN3O/c1-13(2)12(18)16-5-6-17(13)10-4-3-9(8-15)11(14)7-10/h3-4,7H,5-6H2,1-2H3,(H,16,18). The van der Waals surface area contributed by atoms with Crippen LogP contribution >= 0.6 is 15.9 Å². The molecule has 0 aliphatic carbocycles. The lowest BCUT2D eigenvalue weighted by Crippen LogP contribution is -2.62. The fourth-order valence-corrected chi connectivity index (χ4v) is 2.57. The van der Waals surface area contributed by atoms with Crippen LogP contribution in [0.4, 0.5) is 5.69 Å². The molecule has 18 heavy (non-hydrogen) atoms. The van der Waals surface area contributed by atoms with Crippen molar-refractivity contribution in [3.05, 3.63) is 28.2 Å². The Bertz CT molecular complexity index is 534. The van der Waals surface area contributed by atoms with Gasteiger partial charge in [-0.05, 0) is 48.0 Å². The fraction of sp³-hybridized carbons (Fsp3) is 0.385. The molecule has 4 nitrogen and oxygen atoms in total. The molecule has 0 spiro atoms. The molecule has 0 radical (unpaired) electrons. The van der Waals surface area contributed by atoms with Crippen molar-refractivity contribution in [1.29, 1.82) is 5.26 Å². The molecule has 1 aliphatic rings. The van der Waals surface area contributed by atoms with E-state index < -0.39 is 5.54 Å². The minimum absolute atomic E-state index is 0.0224. The summed E-state index contributed by atoms with van der Waals surface area (Å²) < 4.78 is 0.754. The second kappa shape index (κ2) is 4.62. The number of hydrogen-bond acceptors (Lipinski definition) is 3. The van der Waals surface area contributed by atoms with Gasteiger partial charge in [-0.2, -0.15) is 5.26 Å². The minimum Gasteiger partial charge on any atom is -0.356 e. The van der Waals surface area contributed by atoms with Gasteiger partial charge in [-0.15, -0.1) is 0 Å². The molecular formula is C13H14BrN3O. The molecule has 5 heteroatoms. The van der Waals surface area contributed by atoms with Crippen molar-refractivity contribution in [1.82, 2.24) is 5.32 Å². The molecule has 94 valence electrons. The molecule has 0 saturated carbocycles. The van der Waals surface area contributed by atoms with Gasteiger partial charge in [0, 0.05) is 23.2 Å². The first-order valence-corrected chi connectivity index (χ1v) is 6.51. The number of amides is 1. The Hall–Kier alpha value is -1.54. The van der Waals surface area contributed by atoms with Gasteiger partial charge in [0.25, 0.3) is 0 Å². The van der Waals surface area contributed by atoms with E-state index in [4.69, 9.17) is 5.26 Å². The van der Waals surface area contributed by atoms with E-state index in [-0.39, 0.29) is 5.91 Å². The van der Waals surface area contributed by atoms with Crippen LogP contribution in [0.25, 0.3) is 0 Å². The Morgan fingerprint density at radius 2 is 2.22 bits per heavy atom. The van der Waals surface area contributed by atoms with E-state index in [9.17, 15) is 4.79 Å². The van der Waals surface area contributed by atoms with Gasteiger partial charge < -0.3 is 10.2 Å². The van der Waals surface area contributed by atoms with Crippen molar-refractivity contribution < 1.29 is 4.79 Å². The number of nitrogens with zero attached hydrogens (tertiary/aromatic N) is 2. The zero-order chi connectivity index (χ0) is 13.3. The summed E-state index contributed by atoms with van der Waals surface area (Å²) in [6.07, 6.45) is 0. The van der Waals surface area contributed by atoms with Gasteiger partial charge in [0.15, 0.2) is 0 Å². The third-order valence-electron chi connectivity index (χ3n) is 3.24. The summed E-state index contributed by atoms with van der Waals surface area (Å²) in [5, 5.41) is 11.8. The highest BCUT2D eigenvalue weighted by Gasteiger charge is 2.37. The number of carbonyl (C=O) groups excluding carboxylic acids is 1. The van der Waals surface area contributed by atoms with Crippen LogP contribution in [0.5, 0.6) is 0 Å². The van der Waals surface area contributed by atoms with Gasteiger partial charge in [-0.1, -0.05) is 0 Å². The number of nitrogens with one attached hydrogen (secondary N) is 1. The normalized spacial score (nSPS) is 18.1. The maximum atomic E-state index is 11.9. The molecule has 1 saturated heterocycles. The zero-order valence-electron chi connectivity index (χ0n) is 10.3. The summed E-state index contributed by atoms with van der Waals surface area (Å²) >= 11 is 3.38. The Morgan fingerprint density at radius 1 is 1.50 bits per heavy atom. The topological polar surface area (TPSA) is 56.1 Å². The Labute approximate surface area is 115 Å². The maximum absolute atomic E-state index is 11.9. The Balaban J connectivity index is 2.40. The number of carbonyl (C=O) groups is 1. The fourth-order valence-electron chi connectivity index (χ4n) is 2.11. The van der Waals surface area contributed by atoms with E-state index in [0.717, 1.165) is 16.7 Å². The van der Waals surface area contributed by atoms with Crippen molar-refractivity contribution in [2.45, 2.75) is 19.4 Å². The highest BCUT2D eigenvalue weighted by atomic mass is 79.9. The van der Waals surface area contributed by atoms with Crippen LogP contribution in [0, 0.1) is 11.3 Å². The van der Waals surface area contributed by atoms with Crippen LogP contribution in [-0.4, -0.2) is 24.5 Å². The molecule has 0 atom stereocenters. The van der Waals surface area contributed by atoms with Gasteiger partial charge in [0.05, 0.1) is 5.56 Å². The number of piperazine rings is 1. The number of anilines is 1. The first-order chi connectivity index (χ1) is 8.46. The van der Waals surface area contributed by atoms with Gasteiger partial charge in [-0.3, -0.25) is 4.79 Å². The van der Waals surface area contributed by atoms with Crippen molar-refractivity contribution in [2.24, 2.45) is 0 Å².